The molecule has 1 aromatic carbocycles. The van der Waals surface area contributed by atoms with E-state index in [1.54, 1.807) is 17.3 Å². The summed E-state index contributed by atoms with van der Waals surface area (Å²) in [4.78, 5) is 41.0. The van der Waals surface area contributed by atoms with E-state index in [-0.39, 0.29) is 23.7 Å². The van der Waals surface area contributed by atoms with Crippen molar-refractivity contribution in [2.45, 2.75) is 32.7 Å². The fourth-order valence-corrected chi connectivity index (χ4v) is 4.27. The summed E-state index contributed by atoms with van der Waals surface area (Å²) in [5, 5.41) is 2.71. The fourth-order valence-electron chi connectivity index (χ4n) is 3.52. The smallest absolute Gasteiger partial charge is 0.266 e. The molecule has 0 radical (unpaired) electrons. The number of aryl methyl sites for hydroxylation is 2. The monoisotopic (exact) mass is 425 g/mol. The highest BCUT2D eigenvalue weighted by atomic mass is 32.1. The van der Waals surface area contributed by atoms with Gasteiger partial charge in [0.25, 0.3) is 11.8 Å². The van der Waals surface area contributed by atoms with Gasteiger partial charge in [-0.25, -0.2) is 19.3 Å². The Kier molecular flexibility index (Phi) is 5.54. The van der Waals surface area contributed by atoms with Gasteiger partial charge in [0.05, 0.1) is 28.5 Å². The lowest BCUT2D eigenvalue weighted by atomic mass is 10.1. The summed E-state index contributed by atoms with van der Waals surface area (Å²) in [5.74, 6) is -0.276. The van der Waals surface area contributed by atoms with Crippen LogP contribution in [0.15, 0.2) is 36.0 Å². The minimum Gasteiger partial charge on any atom is -0.328 e. The first-order valence-electron chi connectivity index (χ1n) is 9.55. The summed E-state index contributed by atoms with van der Waals surface area (Å²) in [6.45, 7) is 4.19. The van der Waals surface area contributed by atoms with Gasteiger partial charge in [0.1, 0.15) is 10.7 Å². The third kappa shape index (κ3) is 3.93. The van der Waals surface area contributed by atoms with E-state index in [2.05, 4.69) is 20.3 Å². The average Bonchev–Trinajstić information content (AvgIpc) is 3.38. The molecular formula is C21H20FN5O2S. The van der Waals surface area contributed by atoms with Crippen LogP contribution in [-0.2, 0) is 0 Å². The molecule has 1 atom stereocenters. The predicted octanol–water partition coefficient (Wildman–Crippen LogP) is 3.92. The van der Waals surface area contributed by atoms with Crippen molar-refractivity contribution in [1.29, 1.82) is 0 Å². The molecule has 3 aromatic rings. The quantitative estimate of drug-likeness (QED) is 0.685. The van der Waals surface area contributed by atoms with Crippen LogP contribution in [0.25, 0.3) is 0 Å². The van der Waals surface area contributed by atoms with Crippen LogP contribution in [0.3, 0.4) is 0 Å². The maximum absolute atomic E-state index is 13.0. The second kappa shape index (κ2) is 8.27. The van der Waals surface area contributed by atoms with Crippen molar-refractivity contribution >= 4 is 28.8 Å². The van der Waals surface area contributed by atoms with Crippen molar-refractivity contribution in [2.75, 3.05) is 11.9 Å². The Morgan fingerprint density at radius 2 is 1.93 bits per heavy atom. The number of carbonyl (C=O) groups is 2. The molecule has 1 aliphatic rings. The zero-order valence-electron chi connectivity index (χ0n) is 16.6. The molecule has 7 nitrogen and oxygen atoms in total. The van der Waals surface area contributed by atoms with Gasteiger partial charge in [-0.15, -0.1) is 11.3 Å². The van der Waals surface area contributed by atoms with Crippen molar-refractivity contribution in [3.05, 3.63) is 69.4 Å². The lowest BCUT2D eigenvalue weighted by Gasteiger charge is -2.23. The summed E-state index contributed by atoms with van der Waals surface area (Å²) in [5.41, 5.74) is 3.73. The van der Waals surface area contributed by atoms with Crippen molar-refractivity contribution in [1.82, 2.24) is 19.9 Å². The molecule has 0 aliphatic carbocycles. The number of halogens is 1. The van der Waals surface area contributed by atoms with Gasteiger partial charge in [-0.1, -0.05) is 0 Å². The number of anilines is 1. The minimum absolute atomic E-state index is 0.0584. The zero-order chi connectivity index (χ0) is 21.3. The van der Waals surface area contributed by atoms with E-state index in [0.717, 1.165) is 18.5 Å². The molecule has 1 unspecified atom stereocenters. The Hall–Kier alpha value is -3.20. The lowest BCUT2D eigenvalue weighted by molar-refractivity contribution is 0.0733. The SMILES string of the molecule is Cc1nc(C2CCCN2C(=O)c2scnc2C)ncc1C(=O)Nc1ccc(F)cc1. The summed E-state index contributed by atoms with van der Waals surface area (Å²) in [6.07, 6.45) is 3.11. The molecule has 1 N–H and O–H groups in total. The number of benzene rings is 1. The molecule has 0 spiro atoms. The topological polar surface area (TPSA) is 88.1 Å². The van der Waals surface area contributed by atoms with Gasteiger partial charge in [0.15, 0.2) is 5.82 Å². The van der Waals surface area contributed by atoms with Crippen LogP contribution in [0.5, 0.6) is 0 Å². The van der Waals surface area contributed by atoms with E-state index >= 15 is 0 Å². The van der Waals surface area contributed by atoms with Gasteiger partial charge in [0, 0.05) is 18.4 Å². The molecule has 1 saturated heterocycles. The number of nitrogens with zero attached hydrogens (tertiary/aromatic N) is 4. The highest BCUT2D eigenvalue weighted by Crippen LogP contribution is 2.32. The number of nitrogens with one attached hydrogen (secondary N) is 1. The lowest BCUT2D eigenvalue weighted by Crippen LogP contribution is -2.31. The summed E-state index contributed by atoms with van der Waals surface area (Å²) < 4.78 is 13.0. The normalized spacial score (nSPS) is 16.0. The number of rotatable bonds is 4. The molecule has 154 valence electrons. The Balaban J connectivity index is 1.53. The predicted molar refractivity (Wildman–Crippen MR) is 111 cm³/mol. The third-order valence-electron chi connectivity index (χ3n) is 5.10. The minimum atomic E-state index is -0.374. The fraction of sp³-hybridized carbons (Fsp3) is 0.286. The first-order chi connectivity index (χ1) is 14.4. The highest BCUT2D eigenvalue weighted by Gasteiger charge is 2.34. The maximum atomic E-state index is 13.0. The third-order valence-corrected chi connectivity index (χ3v) is 6.01. The Labute approximate surface area is 177 Å². The summed E-state index contributed by atoms with van der Waals surface area (Å²) in [7, 11) is 0. The Bertz CT molecular complexity index is 1100. The number of carbonyl (C=O) groups excluding carboxylic acids is 2. The van der Waals surface area contributed by atoms with Crippen LogP contribution < -0.4 is 5.32 Å². The molecular weight excluding hydrogens is 405 g/mol. The number of thiazole rings is 1. The molecule has 0 bridgehead atoms. The number of amides is 2. The molecule has 3 heterocycles. The van der Waals surface area contributed by atoms with Crippen LogP contribution in [0, 0.1) is 19.7 Å². The van der Waals surface area contributed by atoms with Crippen molar-refractivity contribution in [3.63, 3.8) is 0 Å². The number of hydrogen-bond acceptors (Lipinski definition) is 6. The van der Waals surface area contributed by atoms with E-state index in [1.165, 1.54) is 41.8 Å². The molecule has 1 aliphatic heterocycles. The van der Waals surface area contributed by atoms with Gasteiger partial charge in [-0.05, 0) is 51.0 Å². The zero-order valence-corrected chi connectivity index (χ0v) is 17.4. The van der Waals surface area contributed by atoms with Crippen LogP contribution in [0.2, 0.25) is 0 Å². The first-order valence-corrected chi connectivity index (χ1v) is 10.4. The molecule has 2 amide bonds. The van der Waals surface area contributed by atoms with Gasteiger partial charge < -0.3 is 10.2 Å². The first kappa shape index (κ1) is 20.1. The van der Waals surface area contributed by atoms with E-state index in [4.69, 9.17) is 0 Å². The van der Waals surface area contributed by atoms with E-state index < -0.39 is 0 Å². The van der Waals surface area contributed by atoms with Crippen molar-refractivity contribution in [2.24, 2.45) is 0 Å². The second-order valence-electron chi connectivity index (χ2n) is 7.11. The molecule has 30 heavy (non-hydrogen) atoms. The van der Waals surface area contributed by atoms with Crippen molar-refractivity contribution < 1.29 is 14.0 Å². The number of hydrogen-bond donors (Lipinski definition) is 1. The van der Waals surface area contributed by atoms with Crippen molar-refractivity contribution in [3.8, 4) is 0 Å². The molecule has 4 rings (SSSR count). The highest BCUT2D eigenvalue weighted by molar-refractivity contribution is 7.11. The summed E-state index contributed by atoms with van der Waals surface area (Å²) in [6, 6.07) is 5.30. The number of likely N-dealkylation sites (tertiary alicyclic amines) is 1. The van der Waals surface area contributed by atoms with Crippen LogP contribution in [0.4, 0.5) is 10.1 Å². The Morgan fingerprint density at radius 3 is 2.60 bits per heavy atom. The van der Waals surface area contributed by atoms with E-state index in [1.807, 2.05) is 6.92 Å². The van der Waals surface area contributed by atoms with Gasteiger partial charge in [0.2, 0.25) is 0 Å². The molecule has 1 fully saturated rings. The molecule has 2 aromatic heterocycles. The molecule has 9 heteroatoms. The standard InChI is InChI=1S/C21H20FN5O2S/c1-12-16(20(28)26-15-7-5-14(22)6-8-15)10-23-19(25-12)17-4-3-9-27(17)21(29)18-13(2)24-11-30-18/h5-8,10-11,17H,3-4,9H2,1-2H3,(H,26,28). The van der Waals surface area contributed by atoms with Gasteiger partial charge in [-0.2, -0.15) is 0 Å². The van der Waals surface area contributed by atoms with Gasteiger partial charge in [-0.3, -0.25) is 9.59 Å². The Morgan fingerprint density at radius 1 is 1.17 bits per heavy atom. The van der Waals surface area contributed by atoms with E-state index in [9.17, 15) is 14.0 Å². The molecule has 0 saturated carbocycles. The second-order valence-corrected chi connectivity index (χ2v) is 7.97. The summed E-state index contributed by atoms with van der Waals surface area (Å²) >= 11 is 1.33. The maximum Gasteiger partial charge on any atom is 0.266 e. The van der Waals surface area contributed by atoms with Crippen LogP contribution >= 0.6 is 11.3 Å². The van der Waals surface area contributed by atoms with Crippen LogP contribution in [-0.4, -0.2) is 38.2 Å². The van der Waals surface area contributed by atoms with Crippen LogP contribution in [0.1, 0.15) is 56.1 Å². The average molecular weight is 425 g/mol. The largest absolute Gasteiger partial charge is 0.328 e. The number of aromatic nitrogens is 3. The van der Waals surface area contributed by atoms with Gasteiger partial charge >= 0.3 is 0 Å². The van der Waals surface area contributed by atoms with E-state index in [0.29, 0.717) is 34.2 Å².